The van der Waals surface area contributed by atoms with Crippen LogP contribution < -0.4 is 20.5 Å². The second kappa shape index (κ2) is 8.70. The molecule has 34 heavy (non-hydrogen) atoms. The van der Waals surface area contributed by atoms with E-state index in [4.69, 9.17) is 15.2 Å². The number of carbonyl (C=O) groups is 1. The number of nitrogens with zero attached hydrogens (tertiary/aromatic N) is 3. The molecule has 8 heteroatoms. The average Bonchev–Trinajstić information content (AvgIpc) is 3.41. The number of hydrogen-bond acceptors (Lipinski definition) is 6. The van der Waals surface area contributed by atoms with Gasteiger partial charge in [0.05, 0.1) is 31.8 Å². The van der Waals surface area contributed by atoms with Gasteiger partial charge in [0.15, 0.2) is 5.82 Å². The van der Waals surface area contributed by atoms with Crippen LogP contribution in [0.4, 0.5) is 11.5 Å². The summed E-state index contributed by atoms with van der Waals surface area (Å²) in [5.41, 5.74) is 13.8. The van der Waals surface area contributed by atoms with Gasteiger partial charge in [-0.1, -0.05) is 12.1 Å². The fourth-order valence-electron chi connectivity index (χ4n) is 4.84. The monoisotopic (exact) mass is 457 g/mol. The van der Waals surface area contributed by atoms with Crippen LogP contribution in [0.5, 0.6) is 11.5 Å². The summed E-state index contributed by atoms with van der Waals surface area (Å²) in [4.78, 5) is 21.5. The van der Waals surface area contributed by atoms with Gasteiger partial charge in [-0.25, -0.2) is 9.97 Å². The molecule has 0 spiro atoms. The molecule has 4 aromatic rings. The van der Waals surface area contributed by atoms with Crippen LogP contribution in [-0.4, -0.2) is 34.7 Å². The summed E-state index contributed by atoms with van der Waals surface area (Å²) >= 11 is 0. The zero-order valence-electron chi connectivity index (χ0n) is 19.5. The number of fused-ring (bicyclic) bond motifs is 3. The molecule has 0 bridgehead atoms. The third-order valence-corrected chi connectivity index (χ3v) is 6.36. The van der Waals surface area contributed by atoms with Crippen molar-refractivity contribution in [2.75, 3.05) is 25.3 Å². The van der Waals surface area contributed by atoms with Gasteiger partial charge in [-0.3, -0.25) is 4.79 Å². The molecule has 0 radical (unpaired) electrons. The first-order valence-corrected chi connectivity index (χ1v) is 11.2. The first-order valence-electron chi connectivity index (χ1n) is 11.2. The Morgan fingerprint density at radius 2 is 1.91 bits per heavy atom. The first kappa shape index (κ1) is 21.8. The van der Waals surface area contributed by atoms with Crippen LogP contribution in [0.3, 0.4) is 0 Å². The van der Waals surface area contributed by atoms with Crippen LogP contribution in [0.1, 0.15) is 28.8 Å². The maximum atomic E-state index is 12.8. The molecule has 2 aromatic carbocycles. The lowest BCUT2D eigenvalue weighted by atomic mass is 10.1. The third kappa shape index (κ3) is 3.71. The summed E-state index contributed by atoms with van der Waals surface area (Å²) in [5, 5.41) is 2.98. The van der Waals surface area contributed by atoms with Crippen molar-refractivity contribution in [1.29, 1.82) is 0 Å². The largest absolute Gasteiger partial charge is 0.496 e. The SMILES string of the molecule is COc1ccc(CC(=O)Nc2ccc(-n3c4c(c5ncnc(N)c53)CCC4)cc2OC)cc1C. The lowest BCUT2D eigenvalue weighted by Crippen LogP contribution is -2.15. The second-order valence-electron chi connectivity index (χ2n) is 8.48. The number of benzene rings is 2. The Bertz CT molecular complexity index is 1410. The van der Waals surface area contributed by atoms with Crippen molar-refractivity contribution in [2.45, 2.75) is 32.6 Å². The molecule has 8 nitrogen and oxygen atoms in total. The fourth-order valence-corrected chi connectivity index (χ4v) is 4.84. The Balaban J connectivity index is 1.45. The number of nitrogens with two attached hydrogens (primary N) is 1. The van der Waals surface area contributed by atoms with Gasteiger partial charge in [-0.2, -0.15) is 0 Å². The van der Waals surface area contributed by atoms with E-state index in [1.165, 1.54) is 17.6 Å². The number of rotatable bonds is 6. The Morgan fingerprint density at radius 3 is 2.68 bits per heavy atom. The maximum absolute atomic E-state index is 12.8. The smallest absolute Gasteiger partial charge is 0.228 e. The van der Waals surface area contributed by atoms with Crippen LogP contribution in [0, 0.1) is 6.92 Å². The van der Waals surface area contributed by atoms with Gasteiger partial charge in [0, 0.05) is 17.4 Å². The highest BCUT2D eigenvalue weighted by Crippen LogP contribution is 2.38. The molecule has 0 saturated carbocycles. The molecule has 174 valence electrons. The van der Waals surface area contributed by atoms with E-state index in [1.807, 2.05) is 43.3 Å². The lowest BCUT2D eigenvalue weighted by molar-refractivity contribution is -0.115. The van der Waals surface area contributed by atoms with Crippen molar-refractivity contribution in [1.82, 2.24) is 14.5 Å². The number of ether oxygens (including phenoxy) is 2. The van der Waals surface area contributed by atoms with Crippen LogP contribution in [-0.2, 0) is 24.1 Å². The van der Waals surface area contributed by atoms with Crippen molar-refractivity contribution in [3.05, 3.63) is 65.1 Å². The van der Waals surface area contributed by atoms with Gasteiger partial charge in [0.25, 0.3) is 0 Å². The molecule has 0 saturated heterocycles. The number of nitrogens with one attached hydrogen (secondary N) is 1. The van der Waals surface area contributed by atoms with E-state index >= 15 is 0 Å². The number of methoxy groups -OCH3 is 2. The van der Waals surface area contributed by atoms with Crippen molar-refractivity contribution >= 4 is 28.4 Å². The van der Waals surface area contributed by atoms with Crippen molar-refractivity contribution in [3.63, 3.8) is 0 Å². The van der Waals surface area contributed by atoms with Gasteiger partial charge in [-0.15, -0.1) is 0 Å². The normalized spacial score (nSPS) is 12.6. The molecule has 2 heterocycles. The maximum Gasteiger partial charge on any atom is 0.228 e. The molecule has 5 rings (SSSR count). The molecule has 2 aromatic heterocycles. The molecule has 3 N–H and O–H groups in total. The van der Waals surface area contributed by atoms with E-state index in [-0.39, 0.29) is 12.3 Å². The third-order valence-electron chi connectivity index (χ3n) is 6.36. The summed E-state index contributed by atoms with van der Waals surface area (Å²) < 4.78 is 13.1. The molecule has 0 aliphatic heterocycles. The van der Waals surface area contributed by atoms with E-state index in [1.54, 1.807) is 14.2 Å². The highest BCUT2D eigenvalue weighted by atomic mass is 16.5. The number of anilines is 2. The molecule has 1 amide bonds. The molecule has 0 atom stereocenters. The summed E-state index contributed by atoms with van der Waals surface area (Å²) in [6, 6.07) is 11.5. The van der Waals surface area contributed by atoms with Crippen LogP contribution in [0.25, 0.3) is 16.7 Å². The van der Waals surface area contributed by atoms with Crippen LogP contribution in [0.15, 0.2) is 42.7 Å². The van der Waals surface area contributed by atoms with Crippen molar-refractivity contribution in [3.8, 4) is 17.2 Å². The molecule has 1 aliphatic rings. The van der Waals surface area contributed by atoms with Gasteiger partial charge >= 0.3 is 0 Å². The van der Waals surface area contributed by atoms with Gasteiger partial charge in [0.2, 0.25) is 5.91 Å². The van der Waals surface area contributed by atoms with Crippen molar-refractivity contribution < 1.29 is 14.3 Å². The van der Waals surface area contributed by atoms with E-state index in [9.17, 15) is 4.79 Å². The molecule has 1 aliphatic carbocycles. The minimum absolute atomic E-state index is 0.124. The Labute approximate surface area is 197 Å². The number of aryl methyl sites for hydroxylation is 2. The predicted octanol–water partition coefficient (Wildman–Crippen LogP) is 4.00. The van der Waals surface area contributed by atoms with E-state index in [0.29, 0.717) is 17.3 Å². The predicted molar refractivity (Wildman–Crippen MR) is 132 cm³/mol. The number of hydrogen-bond donors (Lipinski definition) is 2. The fraction of sp³-hybridized carbons (Fsp3) is 0.269. The standard InChI is InChI=1S/C26H27N5O3/c1-15-11-16(7-10-21(15)33-2)12-23(32)30-19-9-8-17(13-22(19)34-3)31-20-6-4-5-18(20)24-25(31)26(27)29-14-28-24/h7-11,13-14H,4-6,12H2,1-3H3,(H,30,32)(H2,27,28,29). The lowest BCUT2D eigenvalue weighted by Gasteiger charge is -2.15. The van der Waals surface area contributed by atoms with Crippen molar-refractivity contribution in [2.24, 2.45) is 0 Å². The van der Waals surface area contributed by atoms with Gasteiger partial charge in [-0.05, 0) is 61.1 Å². The zero-order valence-corrected chi connectivity index (χ0v) is 19.5. The summed E-state index contributed by atoms with van der Waals surface area (Å²) in [6.07, 6.45) is 4.78. The number of aromatic nitrogens is 3. The van der Waals surface area contributed by atoms with Crippen LogP contribution in [0.2, 0.25) is 0 Å². The number of carbonyl (C=O) groups excluding carboxylic acids is 1. The molecule has 0 unspecified atom stereocenters. The first-order chi connectivity index (χ1) is 16.5. The average molecular weight is 458 g/mol. The van der Waals surface area contributed by atoms with Crippen LogP contribution >= 0.6 is 0 Å². The molecular weight excluding hydrogens is 430 g/mol. The summed E-state index contributed by atoms with van der Waals surface area (Å²) in [7, 11) is 3.23. The van der Waals surface area contributed by atoms with E-state index in [0.717, 1.165) is 52.9 Å². The minimum Gasteiger partial charge on any atom is -0.496 e. The highest BCUT2D eigenvalue weighted by molar-refractivity contribution is 5.95. The Morgan fingerprint density at radius 1 is 1.09 bits per heavy atom. The topological polar surface area (TPSA) is 104 Å². The quantitative estimate of drug-likeness (QED) is 0.454. The highest BCUT2D eigenvalue weighted by Gasteiger charge is 2.25. The Kier molecular flexibility index (Phi) is 5.57. The van der Waals surface area contributed by atoms with E-state index < -0.39 is 0 Å². The minimum atomic E-state index is -0.124. The Hall–Kier alpha value is -4.07. The molecule has 0 fully saturated rings. The summed E-state index contributed by atoms with van der Waals surface area (Å²) in [5.74, 6) is 1.70. The number of amides is 1. The van der Waals surface area contributed by atoms with E-state index in [2.05, 4.69) is 19.9 Å². The zero-order chi connectivity index (χ0) is 23.8. The summed E-state index contributed by atoms with van der Waals surface area (Å²) in [6.45, 7) is 1.96. The number of nitrogen functional groups attached to an aromatic ring is 1. The van der Waals surface area contributed by atoms with Gasteiger partial charge in [0.1, 0.15) is 23.3 Å². The van der Waals surface area contributed by atoms with Gasteiger partial charge < -0.3 is 25.1 Å². The molecular formula is C26H27N5O3. The second-order valence-corrected chi connectivity index (χ2v) is 8.48.